The fraction of sp³-hybridized carbons (Fsp3) is 0.286. The Morgan fingerprint density at radius 3 is 2.44 bits per heavy atom. The summed E-state index contributed by atoms with van der Waals surface area (Å²) in [6.45, 7) is 7.03. The Labute approximate surface area is 315 Å². The second-order valence-electron chi connectivity index (χ2n) is 16.6. The van der Waals surface area contributed by atoms with Crippen LogP contribution in [0.25, 0.3) is 72.0 Å². The molecule has 1 fully saturated rings. The van der Waals surface area contributed by atoms with Crippen molar-refractivity contribution in [2.45, 2.75) is 83.5 Å². The minimum Gasteiger partial charge on any atom is -0.456 e. The first-order valence-corrected chi connectivity index (χ1v) is 20.0. The molecule has 0 N–H and O–H groups in total. The molecule has 1 saturated carbocycles. The summed E-state index contributed by atoms with van der Waals surface area (Å²) in [7, 11) is 0. The van der Waals surface area contributed by atoms with Crippen LogP contribution in [0.3, 0.4) is 0 Å². The fourth-order valence-corrected chi connectivity index (χ4v) is 9.83. The van der Waals surface area contributed by atoms with Gasteiger partial charge in [-0.1, -0.05) is 94.7 Å². The van der Waals surface area contributed by atoms with E-state index in [0.717, 1.165) is 88.3 Å². The third kappa shape index (κ3) is 4.86. The van der Waals surface area contributed by atoms with Crippen LogP contribution in [0.2, 0.25) is 0 Å². The number of fused-ring (bicyclic) bond motifs is 9. The second-order valence-corrected chi connectivity index (χ2v) is 16.6. The predicted octanol–water partition coefficient (Wildman–Crippen LogP) is 13.0. The Balaban J connectivity index is 1.04. The summed E-state index contributed by atoms with van der Waals surface area (Å²) in [6.07, 6.45) is 20.9. The molecule has 54 heavy (non-hydrogen) atoms. The molecule has 5 heteroatoms. The summed E-state index contributed by atoms with van der Waals surface area (Å²) >= 11 is 0. The molecule has 0 bridgehead atoms. The smallest absolute Gasteiger partial charge is 0.163 e. The van der Waals surface area contributed by atoms with Crippen molar-refractivity contribution in [3.63, 3.8) is 0 Å². The van der Waals surface area contributed by atoms with E-state index in [-0.39, 0.29) is 5.41 Å². The molecule has 1 atom stereocenters. The number of hydrogen-bond acceptors (Lipinski definition) is 4. The zero-order valence-electron chi connectivity index (χ0n) is 31.3. The lowest BCUT2D eigenvalue weighted by Gasteiger charge is -2.23. The lowest BCUT2D eigenvalue weighted by atomic mass is 9.80. The van der Waals surface area contributed by atoms with E-state index < -0.39 is 0 Å². The van der Waals surface area contributed by atoms with E-state index in [2.05, 4.69) is 129 Å². The van der Waals surface area contributed by atoms with Gasteiger partial charge in [-0.2, -0.15) is 0 Å². The van der Waals surface area contributed by atoms with Gasteiger partial charge in [0.25, 0.3) is 0 Å². The molecule has 0 spiro atoms. The molecule has 4 aliphatic carbocycles. The van der Waals surface area contributed by atoms with Gasteiger partial charge in [-0.3, -0.25) is 0 Å². The van der Waals surface area contributed by atoms with Gasteiger partial charge in [0.15, 0.2) is 11.6 Å². The maximum absolute atomic E-state index is 6.59. The van der Waals surface area contributed by atoms with Crippen LogP contribution in [-0.2, 0) is 5.41 Å². The number of allylic oxidation sites excluding steroid dienone is 8. The monoisotopic (exact) mass is 704 g/mol. The van der Waals surface area contributed by atoms with Crippen LogP contribution in [0.1, 0.15) is 101 Å². The van der Waals surface area contributed by atoms with Crippen molar-refractivity contribution in [3.05, 3.63) is 132 Å². The van der Waals surface area contributed by atoms with E-state index in [9.17, 15) is 0 Å². The van der Waals surface area contributed by atoms with Crippen molar-refractivity contribution in [1.82, 2.24) is 19.5 Å². The number of rotatable bonds is 4. The molecule has 266 valence electrons. The minimum absolute atomic E-state index is 0.0292. The quantitative estimate of drug-likeness (QED) is 0.183. The number of benzene rings is 4. The molecule has 5 nitrogen and oxygen atoms in total. The molecular formula is C49H44N4O. The predicted molar refractivity (Wildman–Crippen MR) is 222 cm³/mol. The molecule has 4 aliphatic rings. The number of furan rings is 1. The topological polar surface area (TPSA) is 56.7 Å². The average molecular weight is 705 g/mol. The Morgan fingerprint density at radius 2 is 1.57 bits per heavy atom. The van der Waals surface area contributed by atoms with Crippen LogP contribution in [0.4, 0.5) is 0 Å². The first-order valence-electron chi connectivity index (χ1n) is 20.0. The molecule has 0 saturated heterocycles. The summed E-state index contributed by atoms with van der Waals surface area (Å²) in [6, 6.07) is 26.9. The van der Waals surface area contributed by atoms with E-state index in [0.29, 0.717) is 11.8 Å². The van der Waals surface area contributed by atoms with Gasteiger partial charge in [0.2, 0.25) is 0 Å². The molecule has 0 aliphatic heterocycles. The Kier molecular flexibility index (Phi) is 7.08. The van der Waals surface area contributed by atoms with Crippen LogP contribution in [-0.4, -0.2) is 19.5 Å². The SMILES string of the molecule is CC1C=CC(c2nc(-c3ccc4c(c3)oc3ccc(-n5c6ccccc6c6cc7c(cc65)C(C)(C)C5=CCCC=C57)cc34)nc(C3CCCCC3)n2)=CC1. The van der Waals surface area contributed by atoms with Gasteiger partial charge in [-0.15, -0.1) is 0 Å². The molecular weight excluding hydrogens is 661 g/mol. The van der Waals surface area contributed by atoms with Crippen molar-refractivity contribution in [2.75, 3.05) is 0 Å². The Bertz CT molecular complexity index is 2830. The van der Waals surface area contributed by atoms with Crippen molar-refractivity contribution in [2.24, 2.45) is 5.92 Å². The molecule has 7 aromatic rings. The summed E-state index contributed by atoms with van der Waals surface area (Å²) < 4.78 is 9.04. The molecule has 1 unspecified atom stereocenters. The highest BCUT2D eigenvalue weighted by molar-refractivity contribution is 6.12. The van der Waals surface area contributed by atoms with Crippen LogP contribution in [0.15, 0.2) is 113 Å². The van der Waals surface area contributed by atoms with Gasteiger partial charge >= 0.3 is 0 Å². The van der Waals surface area contributed by atoms with Crippen molar-refractivity contribution >= 4 is 54.9 Å². The number of nitrogens with zero attached hydrogens (tertiary/aromatic N) is 4. The van der Waals surface area contributed by atoms with Gasteiger partial charge in [-0.05, 0) is 109 Å². The third-order valence-corrected chi connectivity index (χ3v) is 12.8. The van der Waals surface area contributed by atoms with Crippen molar-refractivity contribution in [3.8, 4) is 17.1 Å². The summed E-state index contributed by atoms with van der Waals surface area (Å²) in [5.41, 5.74) is 13.1. The number of hydrogen-bond donors (Lipinski definition) is 0. The normalized spacial score (nSPS) is 19.7. The standard InChI is InChI=1S/C49H44N4O/c1-29-17-19-31(20-18-29)47-50-46(30-11-5-4-6-12-30)51-48(52-47)32-21-23-36-39-26-33(22-24-44(39)54-45(36)25-32)53-42-16-10-8-14-35(42)38-27-37-34-13-7-9-15-40(34)49(2,3)41(37)28-43(38)53/h8,10,13-17,19-30H,4-7,9,11-12,18H2,1-3H3. The largest absolute Gasteiger partial charge is 0.456 e. The van der Waals surface area contributed by atoms with E-state index in [1.165, 1.54) is 63.3 Å². The molecule has 4 aromatic carbocycles. The van der Waals surface area contributed by atoms with Crippen molar-refractivity contribution < 1.29 is 4.42 Å². The first kappa shape index (κ1) is 31.9. The van der Waals surface area contributed by atoms with Crippen LogP contribution < -0.4 is 0 Å². The van der Waals surface area contributed by atoms with E-state index in [1.807, 2.05) is 0 Å². The third-order valence-electron chi connectivity index (χ3n) is 12.8. The average Bonchev–Trinajstić information content (AvgIpc) is 3.82. The van der Waals surface area contributed by atoms with Crippen LogP contribution in [0.5, 0.6) is 0 Å². The molecule has 11 rings (SSSR count). The molecule has 3 aromatic heterocycles. The van der Waals surface area contributed by atoms with Gasteiger partial charge in [0.1, 0.15) is 17.0 Å². The number of aromatic nitrogens is 4. The maximum atomic E-state index is 6.59. The lowest BCUT2D eigenvalue weighted by molar-refractivity contribution is 0.427. The molecule has 0 amide bonds. The second kappa shape index (κ2) is 12.0. The first-order chi connectivity index (χ1) is 26.4. The Hall–Kier alpha value is -5.55. The van der Waals surface area contributed by atoms with Crippen LogP contribution in [0, 0.1) is 5.92 Å². The van der Waals surface area contributed by atoms with Gasteiger partial charge in [0, 0.05) is 49.7 Å². The minimum atomic E-state index is -0.0292. The van der Waals surface area contributed by atoms with Crippen molar-refractivity contribution in [1.29, 1.82) is 0 Å². The zero-order chi connectivity index (χ0) is 36.1. The summed E-state index contributed by atoms with van der Waals surface area (Å²) in [4.78, 5) is 15.3. The Morgan fingerprint density at radius 1 is 0.722 bits per heavy atom. The number of para-hydroxylation sites is 1. The van der Waals surface area contributed by atoms with Crippen LogP contribution >= 0.6 is 0 Å². The van der Waals surface area contributed by atoms with E-state index in [1.54, 1.807) is 0 Å². The highest BCUT2D eigenvalue weighted by Crippen LogP contribution is 2.53. The summed E-state index contributed by atoms with van der Waals surface area (Å²) in [5.74, 6) is 3.36. The lowest BCUT2D eigenvalue weighted by Crippen LogP contribution is -2.15. The van der Waals surface area contributed by atoms with Gasteiger partial charge < -0.3 is 8.98 Å². The molecule has 0 radical (unpaired) electrons. The van der Waals surface area contributed by atoms with E-state index >= 15 is 0 Å². The fourth-order valence-electron chi connectivity index (χ4n) is 9.83. The van der Waals surface area contributed by atoms with E-state index in [4.69, 9.17) is 19.4 Å². The van der Waals surface area contributed by atoms with Gasteiger partial charge in [-0.25, -0.2) is 15.0 Å². The van der Waals surface area contributed by atoms with Gasteiger partial charge in [0.05, 0.1) is 11.0 Å². The zero-order valence-corrected chi connectivity index (χ0v) is 31.3. The highest BCUT2D eigenvalue weighted by Gasteiger charge is 2.39. The molecule has 3 heterocycles. The maximum Gasteiger partial charge on any atom is 0.163 e. The highest BCUT2D eigenvalue weighted by atomic mass is 16.3. The summed E-state index contributed by atoms with van der Waals surface area (Å²) in [5, 5.41) is 4.78.